The lowest BCUT2D eigenvalue weighted by Crippen LogP contribution is -2.18. The van der Waals surface area contributed by atoms with Crippen LogP contribution in [0, 0.1) is 0 Å². The lowest BCUT2D eigenvalue weighted by atomic mass is 9.93. The molecule has 1 N–H and O–H groups in total. The van der Waals surface area contributed by atoms with E-state index in [-0.39, 0.29) is 6.79 Å². The molecule has 0 aromatic heterocycles. The number of hydrogen-bond acceptors (Lipinski definition) is 4. The van der Waals surface area contributed by atoms with E-state index >= 15 is 0 Å². The number of benzene rings is 1. The van der Waals surface area contributed by atoms with E-state index in [2.05, 4.69) is 0 Å². The number of methoxy groups -OCH3 is 1. The summed E-state index contributed by atoms with van der Waals surface area (Å²) in [5, 5.41) is 10.1. The van der Waals surface area contributed by atoms with Gasteiger partial charge < -0.3 is 19.3 Å². The lowest BCUT2D eigenvalue weighted by Gasteiger charge is -2.22. The third-order valence-electron chi connectivity index (χ3n) is 2.56. The Morgan fingerprint density at radius 3 is 2.50 bits per heavy atom. The van der Waals surface area contributed by atoms with Crippen molar-refractivity contribution >= 4 is 0 Å². The van der Waals surface area contributed by atoms with Crippen molar-refractivity contribution in [2.45, 2.75) is 26.1 Å². The van der Waals surface area contributed by atoms with Crippen LogP contribution in [0.4, 0.5) is 0 Å². The van der Waals surface area contributed by atoms with E-state index in [0.29, 0.717) is 18.1 Å². The SMILES string of the molecule is COCc1cc2c(cc1C(C)(C)O)OCO2. The van der Waals surface area contributed by atoms with Crippen molar-refractivity contribution in [3.63, 3.8) is 0 Å². The van der Waals surface area contributed by atoms with Crippen LogP contribution in [0.2, 0.25) is 0 Å². The zero-order chi connectivity index (χ0) is 11.8. The van der Waals surface area contributed by atoms with Gasteiger partial charge in [0.15, 0.2) is 11.5 Å². The molecule has 4 heteroatoms. The second kappa shape index (κ2) is 3.96. The maximum atomic E-state index is 10.1. The van der Waals surface area contributed by atoms with Gasteiger partial charge in [0, 0.05) is 7.11 Å². The highest BCUT2D eigenvalue weighted by Crippen LogP contribution is 2.38. The molecule has 0 fully saturated rings. The Morgan fingerprint density at radius 2 is 1.94 bits per heavy atom. The van der Waals surface area contributed by atoms with Gasteiger partial charge in [-0.05, 0) is 37.1 Å². The summed E-state index contributed by atoms with van der Waals surface area (Å²) >= 11 is 0. The number of rotatable bonds is 3. The number of aliphatic hydroxyl groups is 1. The predicted octanol–water partition coefficient (Wildman–Crippen LogP) is 1.79. The van der Waals surface area contributed by atoms with Crippen molar-refractivity contribution < 1.29 is 19.3 Å². The smallest absolute Gasteiger partial charge is 0.231 e. The minimum Gasteiger partial charge on any atom is -0.454 e. The summed E-state index contributed by atoms with van der Waals surface area (Å²) in [6.07, 6.45) is 0. The van der Waals surface area contributed by atoms with Crippen LogP contribution in [0.15, 0.2) is 12.1 Å². The third-order valence-corrected chi connectivity index (χ3v) is 2.56. The summed E-state index contributed by atoms with van der Waals surface area (Å²) < 4.78 is 15.7. The maximum Gasteiger partial charge on any atom is 0.231 e. The summed E-state index contributed by atoms with van der Waals surface area (Å²) in [5.74, 6) is 1.39. The second-order valence-corrected chi connectivity index (χ2v) is 4.35. The molecule has 0 bridgehead atoms. The fraction of sp³-hybridized carbons (Fsp3) is 0.500. The van der Waals surface area contributed by atoms with Crippen LogP contribution < -0.4 is 9.47 Å². The van der Waals surface area contributed by atoms with Gasteiger partial charge in [0.25, 0.3) is 0 Å². The van der Waals surface area contributed by atoms with Crippen LogP contribution in [-0.2, 0) is 16.9 Å². The Labute approximate surface area is 94.8 Å². The minimum absolute atomic E-state index is 0.233. The second-order valence-electron chi connectivity index (χ2n) is 4.35. The summed E-state index contributed by atoms with van der Waals surface area (Å²) in [7, 11) is 1.62. The average Bonchev–Trinajstić information content (AvgIpc) is 2.62. The zero-order valence-corrected chi connectivity index (χ0v) is 9.74. The molecule has 1 aromatic rings. The van der Waals surface area contributed by atoms with E-state index in [1.807, 2.05) is 12.1 Å². The first-order valence-corrected chi connectivity index (χ1v) is 5.16. The van der Waals surface area contributed by atoms with Crippen LogP contribution in [0.5, 0.6) is 11.5 Å². The first-order valence-electron chi connectivity index (χ1n) is 5.16. The fourth-order valence-corrected chi connectivity index (χ4v) is 1.83. The Bertz CT molecular complexity index is 393. The monoisotopic (exact) mass is 224 g/mol. The number of fused-ring (bicyclic) bond motifs is 1. The molecule has 0 atom stereocenters. The van der Waals surface area contributed by atoms with Crippen LogP contribution in [0.3, 0.4) is 0 Å². The van der Waals surface area contributed by atoms with E-state index in [1.54, 1.807) is 21.0 Å². The summed E-state index contributed by atoms with van der Waals surface area (Å²) in [6.45, 7) is 4.15. The average molecular weight is 224 g/mol. The summed E-state index contributed by atoms with van der Waals surface area (Å²) in [4.78, 5) is 0. The van der Waals surface area contributed by atoms with Gasteiger partial charge in [-0.3, -0.25) is 0 Å². The standard InChI is InChI=1S/C12H16O4/c1-12(2,13)9-5-11-10(15-7-16-11)4-8(9)6-14-3/h4-5,13H,6-7H2,1-3H3. The molecule has 0 saturated carbocycles. The lowest BCUT2D eigenvalue weighted by molar-refractivity contribution is 0.0744. The molecule has 4 nitrogen and oxygen atoms in total. The van der Waals surface area contributed by atoms with Gasteiger partial charge >= 0.3 is 0 Å². The zero-order valence-electron chi connectivity index (χ0n) is 9.74. The molecule has 1 aliphatic heterocycles. The van der Waals surface area contributed by atoms with Crippen LogP contribution >= 0.6 is 0 Å². The summed E-state index contributed by atoms with van der Waals surface area (Å²) in [6, 6.07) is 3.68. The van der Waals surface area contributed by atoms with Crippen molar-refractivity contribution in [2.75, 3.05) is 13.9 Å². The van der Waals surface area contributed by atoms with Crippen LogP contribution in [0.1, 0.15) is 25.0 Å². The van der Waals surface area contributed by atoms with Crippen molar-refractivity contribution in [1.29, 1.82) is 0 Å². The third kappa shape index (κ3) is 1.99. The normalized spacial score (nSPS) is 14.2. The molecule has 0 unspecified atom stereocenters. The van der Waals surface area contributed by atoms with E-state index < -0.39 is 5.60 Å². The van der Waals surface area contributed by atoms with E-state index in [0.717, 1.165) is 11.1 Å². The van der Waals surface area contributed by atoms with E-state index in [1.165, 1.54) is 0 Å². The molecule has 0 saturated heterocycles. The molecule has 1 aromatic carbocycles. The van der Waals surface area contributed by atoms with Gasteiger partial charge in [0.05, 0.1) is 12.2 Å². The van der Waals surface area contributed by atoms with Gasteiger partial charge in [0.1, 0.15) is 0 Å². The Morgan fingerprint density at radius 1 is 1.31 bits per heavy atom. The Balaban J connectivity index is 2.49. The topological polar surface area (TPSA) is 47.9 Å². The molecular weight excluding hydrogens is 208 g/mol. The largest absolute Gasteiger partial charge is 0.454 e. The molecular formula is C12H16O4. The predicted molar refractivity (Wildman–Crippen MR) is 58.5 cm³/mol. The first kappa shape index (κ1) is 11.2. The fourth-order valence-electron chi connectivity index (χ4n) is 1.83. The molecule has 0 spiro atoms. The van der Waals surface area contributed by atoms with E-state index in [9.17, 15) is 5.11 Å². The first-order chi connectivity index (χ1) is 7.52. The Hall–Kier alpha value is -1.26. The van der Waals surface area contributed by atoms with Gasteiger partial charge in [-0.1, -0.05) is 0 Å². The molecule has 16 heavy (non-hydrogen) atoms. The highest BCUT2D eigenvalue weighted by atomic mass is 16.7. The molecule has 0 aliphatic carbocycles. The Kier molecular flexibility index (Phi) is 2.78. The van der Waals surface area contributed by atoms with Crippen LogP contribution in [-0.4, -0.2) is 19.0 Å². The molecule has 1 aliphatic rings. The van der Waals surface area contributed by atoms with Crippen molar-refractivity contribution in [2.24, 2.45) is 0 Å². The van der Waals surface area contributed by atoms with Gasteiger partial charge in [-0.25, -0.2) is 0 Å². The van der Waals surface area contributed by atoms with Crippen molar-refractivity contribution in [3.8, 4) is 11.5 Å². The highest BCUT2D eigenvalue weighted by molar-refractivity contribution is 5.50. The molecule has 88 valence electrons. The van der Waals surface area contributed by atoms with E-state index in [4.69, 9.17) is 14.2 Å². The molecule has 0 radical (unpaired) electrons. The van der Waals surface area contributed by atoms with Crippen LogP contribution in [0.25, 0.3) is 0 Å². The van der Waals surface area contributed by atoms with Crippen molar-refractivity contribution in [1.82, 2.24) is 0 Å². The number of ether oxygens (including phenoxy) is 3. The molecule has 2 rings (SSSR count). The van der Waals surface area contributed by atoms with Gasteiger partial charge in [0.2, 0.25) is 6.79 Å². The minimum atomic E-state index is -0.922. The highest BCUT2D eigenvalue weighted by Gasteiger charge is 2.25. The maximum absolute atomic E-state index is 10.1. The van der Waals surface area contributed by atoms with Gasteiger partial charge in [-0.15, -0.1) is 0 Å². The molecule has 1 heterocycles. The van der Waals surface area contributed by atoms with Crippen molar-refractivity contribution in [3.05, 3.63) is 23.3 Å². The molecule has 0 amide bonds. The quantitative estimate of drug-likeness (QED) is 0.850. The van der Waals surface area contributed by atoms with Gasteiger partial charge in [-0.2, -0.15) is 0 Å². The summed E-state index contributed by atoms with van der Waals surface area (Å²) in [5.41, 5.74) is 0.798. The number of hydrogen-bond donors (Lipinski definition) is 1.